The van der Waals surface area contributed by atoms with Gasteiger partial charge in [-0.3, -0.25) is 0 Å². The van der Waals surface area contributed by atoms with E-state index in [9.17, 15) is 0 Å². The summed E-state index contributed by atoms with van der Waals surface area (Å²) in [6, 6.07) is 0. The van der Waals surface area contributed by atoms with Crippen LogP contribution in [-0.2, 0) is 0 Å². The fourth-order valence-corrected chi connectivity index (χ4v) is 2.28. The SMILES string of the molecule is [CH]=CC=CCCCCCCCCCCCCCC. The van der Waals surface area contributed by atoms with Crippen LogP contribution >= 0.6 is 0 Å². The molecule has 0 spiro atoms. The maximum absolute atomic E-state index is 5.26. The average molecular weight is 249 g/mol. The van der Waals surface area contributed by atoms with Crippen molar-refractivity contribution >= 4 is 0 Å². The largest absolute Gasteiger partial charge is 0.0845 e. The van der Waals surface area contributed by atoms with E-state index in [1.54, 1.807) is 6.08 Å². The summed E-state index contributed by atoms with van der Waals surface area (Å²) in [4.78, 5) is 0. The first-order valence-corrected chi connectivity index (χ1v) is 8.12. The summed E-state index contributed by atoms with van der Waals surface area (Å²) in [6.45, 7) is 7.55. The fraction of sp³-hybridized carbons (Fsp3) is 0.778. The third-order valence-electron chi connectivity index (χ3n) is 3.47. The predicted molar refractivity (Wildman–Crippen MR) is 83.7 cm³/mol. The Morgan fingerprint density at radius 2 is 1.11 bits per heavy atom. The van der Waals surface area contributed by atoms with Gasteiger partial charge in [-0.25, -0.2) is 0 Å². The van der Waals surface area contributed by atoms with E-state index in [1.807, 2.05) is 6.08 Å². The van der Waals surface area contributed by atoms with Crippen LogP contribution in [0.25, 0.3) is 0 Å². The lowest BCUT2D eigenvalue weighted by molar-refractivity contribution is 0.545. The van der Waals surface area contributed by atoms with Gasteiger partial charge in [0.2, 0.25) is 0 Å². The van der Waals surface area contributed by atoms with Crippen molar-refractivity contribution < 1.29 is 0 Å². The van der Waals surface area contributed by atoms with Crippen LogP contribution in [0.15, 0.2) is 18.2 Å². The van der Waals surface area contributed by atoms with Crippen LogP contribution in [-0.4, -0.2) is 0 Å². The molecule has 18 heavy (non-hydrogen) atoms. The standard InChI is InChI=1S/C18H33/c1-3-5-7-9-11-13-15-17-18-16-14-12-10-8-6-4-2/h1,3,5,7H,4,6,8-18H2,2H3. The van der Waals surface area contributed by atoms with Crippen LogP contribution in [0.4, 0.5) is 0 Å². The Kier molecular flexibility index (Phi) is 16.0. The molecule has 0 heterocycles. The van der Waals surface area contributed by atoms with E-state index in [0.717, 1.165) is 0 Å². The monoisotopic (exact) mass is 249 g/mol. The van der Waals surface area contributed by atoms with Gasteiger partial charge < -0.3 is 0 Å². The average Bonchev–Trinajstić information content (AvgIpc) is 2.39. The minimum absolute atomic E-state index is 1.19. The van der Waals surface area contributed by atoms with Gasteiger partial charge in [-0.1, -0.05) is 102 Å². The molecule has 0 rings (SSSR count). The second-order valence-electron chi connectivity index (χ2n) is 5.30. The maximum atomic E-state index is 5.26. The van der Waals surface area contributed by atoms with Crippen molar-refractivity contribution in [3.8, 4) is 0 Å². The molecule has 0 aliphatic rings. The summed E-state index contributed by atoms with van der Waals surface area (Å²) in [6.07, 6.45) is 24.0. The van der Waals surface area contributed by atoms with E-state index >= 15 is 0 Å². The van der Waals surface area contributed by atoms with E-state index in [1.165, 1.54) is 83.5 Å². The smallest absolute Gasteiger partial charge is 0.0348 e. The summed E-state index contributed by atoms with van der Waals surface area (Å²) in [7, 11) is 0. The zero-order valence-corrected chi connectivity index (χ0v) is 12.5. The highest BCUT2D eigenvalue weighted by atomic mass is 14.0. The van der Waals surface area contributed by atoms with Gasteiger partial charge in [-0.05, 0) is 12.8 Å². The Balaban J connectivity index is 2.94. The van der Waals surface area contributed by atoms with E-state index in [4.69, 9.17) is 6.58 Å². The highest BCUT2D eigenvalue weighted by molar-refractivity contribution is 4.95. The fourth-order valence-electron chi connectivity index (χ4n) is 2.28. The van der Waals surface area contributed by atoms with Crippen LogP contribution in [0.3, 0.4) is 0 Å². The topological polar surface area (TPSA) is 0 Å². The molecule has 0 aliphatic carbocycles. The number of allylic oxidation sites excluding steroid dienone is 3. The first-order valence-electron chi connectivity index (χ1n) is 8.12. The van der Waals surface area contributed by atoms with Crippen LogP contribution in [0.5, 0.6) is 0 Å². The molecule has 0 atom stereocenters. The second-order valence-corrected chi connectivity index (χ2v) is 5.30. The zero-order valence-electron chi connectivity index (χ0n) is 12.5. The van der Waals surface area contributed by atoms with Gasteiger partial charge in [0.1, 0.15) is 0 Å². The molecular weight excluding hydrogens is 216 g/mol. The Hall–Kier alpha value is -0.520. The Morgan fingerprint density at radius 3 is 1.56 bits per heavy atom. The van der Waals surface area contributed by atoms with Gasteiger partial charge in [-0.2, -0.15) is 0 Å². The number of unbranched alkanes of at least 4 members (excludes halogenated alkanes) is 12. The molecule has 0 saturated heterocycles. The molecule has 0 aromatic rings. The van der Waals surface area contributed by atoms with Gasteiger partial charge in [-0.15, -0.1) is 0 Å². The van der Waals surface area contributed by atoms with Gasteiger partial charge in [0, 0.05) is 0 Å². The first-order chi connectivity index (χ1) is 8.91. The molecule has 0 N–H and O–H groups in total. The molecule has 0 saturated carbocycles. The quantitative estimate of drug-likeness (QED) is 0.239. The number of hydrogen-bond donors (Lipinski definition) is 0. The molecular formula is C18H33. The van der Waals surface area contributed by atoms with Crippen molar-refractivity contribution in [2.75, 3.05) is 0 Å². The van der Waals surface area contributed by atoms with Crippen LogP contribution in [0, 0.1) is 6.58 Å². The van der Waals surface area contributed by atoms with Crippen molar-refractivity contribution in [3.05, 3.63) is 24.8 Å². The van der Waals surface area contributed by atoms with Crippen LogP contribution < -0.4 is 0 Å². The lowest BCUT2D eigenvalue weighted by Gasteiger charge is -2.02. The molecule has 0 aliphatic heterocycles. The zero-order chi connectivity index (χ0) is 13.3. The molecule has 0 unspecified atom stereocenters. The van der Waals surface area contributed by atoms with Crippen LogP contribution in [0.1, 0.15) is 90.4 Å². The predicted octanol–water partition coefficient (Wildman–Crippen LogP) is 6.62. The molecule has 0 heteroatoms. The van der Waals surface area contributed by atoms with Crippen molar-refractivity contribution in [1.29, 1.82) is 0 Å². The number of rotatable bonds is 14. The Bertz CT molecular complexity index is 178. The minimum Gasteiger partial charge on any atom is -0.0845 e. The molecule has 105 valence electrons. The first kappa shape index (κ1) is 17.5. The summed E-state index contributed by atoms with van der Waals surface area (Å²) in [5.41, 5.74) is 0. The van der Waals surface area contributed by atoms with E-state index in [0.29, 0.717) is 0 Å². The summed E-state index contributed by atoms with van der Waals surface area (Å²) < 4.78 is 0. The lowest BCUT2D eigenvalue weighted by atomic mass is 10.0. The molecule has 0 aromatic heterocycles. The lowest BCUT2D eigenvalue weighted by Crippen LogP contribution is -1.82. The van der Waals surface area contributed by atoms with Gasteiger partial charge >= 0.3 is 0 Å². The molecule has 0 nitrogen and oxygen atoms in total. The molecule has 0 bridgehead atoms. The molecule has 0 amide bonds. The third kappa shape index (κ3) is 15.5. The van der Waals surface area contributed by atoms with Gasteiger partial charge in [0.05, 0.1) is 0 Å². The number of hydrogen-bond acceptors (Lipinski definition) is 0. The van der Waals surface area contributed by atoms with E-state index in [-0.39, 0.29) is 0 Å². The van der Waals surface area contributed by atoms with Crippen molar-refractivity contribution in [2.24, 2.45) is 0 Å². The highest BCUT2D eigenvalue weighted by Crippen LogP contribution is 2.12. The summed E-state index contributed by atoms with van der Waals surface area (Å²) in [5, 5.41) is 0. The normalized spacial score (nSPS) is 11.2. The van der Waals surface area contributed by atoms with E-state index in [2.05, 4.69) is 13.0 Å². The van der Waals surface area contributed by atoms with E-state index < -0.39 is 0 Å². The van der Waals surface area contributed by atoms with Crippen molar-refractivity contribution in [1.82, 2.24) is 0 Å². The van der Waals surface area contributed by atoms with Crippen molar-refractivity contribution in [2.45, 2.75) is 90.4 Å². The van der Waals surface area contributed by atoms with Gasteiger partial charge in [0.25, 0.3) is 0 Å². The third-order valence-corrected chi connectivity index (χ3v) is 3.47. The van der Waals surface area contributed by atoms with Gasteiger partial charge in [0.15, 0.2) is 0 Å². The second kappa shape index (κ2) is 16.5. The summed E-state index contributed by atoms with van der Waals surface area (Å²) in [5.74, 6) is 0. The van der Waals surface area contributed by atoms with Crippen molar-refractivity contribution in [3.63, 3.8) is 0 Å². The maximum Gasteiger partial charge on any atom is -0.0348 e. The molecule has 1 radical (unpaired) electrons. The summed E-state index contributed by atoms with van der Waals surface area (Å²) >= 11 is 0. The highest BCUT2D eigenvalue weighted by Gasteiger charge is 1.92. The molecule has 0 fully saturated rings. The van der Waals surface area contributed by atoms with Crippen LogP contribution in [0.2, 0.25) is 0 Å². The Morgan fingerprint density at radius 1 is 0.667 bits per heavy atom. The minimum atomic E-state index is 1.19. The molecule has 0 aromatic carbocycles. The Labute approximate surface area is 116 Å².